The Morgan fingerprint density at radius 1 is 1.33 bits per heavy atom. The molecule has 0 aliphatic heterocycles. The fourth-order valence-corrected chi connectivity index (χ4v) is 1.75. The first-order chi connectivity index (χ1) is 10.0. The molecule has 8 heteroatoms. The van der Waals surface area contributed by atoms with Crippen LogP contribution in [-0.4, -0.2) is 15.8 Å². The van der Waals surface area contributed by atoms with E-state index >= 15 is 0 Å². The van der Waals surface area contributed by atoms with Crippen molar-refractivity contribution in [2.45, 2.75) is 6.92 Å². The van der Waals surface area contributed by atoms with E-state index in [2.05, 4.69) is 15.7 Å². The minimum absolute atomic E-state index is 0.136. The highest BCUT2D eigenvalue weighted by atomic mass is 16.6. The van der Waals surface area contributed by atoms with Gasteiger partial charge in [0.15, 0.2) is 0 Å². The summed E-state index contributed by atoms with van der Waals surface area (Å²) in [7, 11) is 0. The molecule has 0 fully saturated rings. The quantitative estimate of drug-likeness (QED) is 0.448. The van der Waals surface area contributed by atoms with Crippen molar-refractivity contribution in [3.63, 3.8) is 0 Å². The zero-order valence-corrected chi connectivity index (χ0v) is 11.2. The molecule has 0 atom stereocenters. The summed E-state index contributed by atoms with van der Waals surface area (Å²) < 4.78 is 0. The molecule has 0 unspecified atom stereocenters. The zero-order chi connectivity index (χ0) is 15.4. The molecule has 0 saturated carbocycles. The van der Waals surface area contributed by atoms with Gasteiger partial charge >= 0.3 is 0 Å². The van der Waals surface area contributed by atoms with Crippen molar-refractivity contribution >= 4 is 23.0 Å². The maximum absolute atomic E-state index is 12.1. The molecule has 108 valence electrons. The Morgan fingerprint density at radius 2 is 2.10 bits per heavy atom. The Balaban J connectivity index is 2.30. The van der Waals surface area contributed by atoms with Crippen molar-refractivity contribution in [1.82, 2.24) is 4.98 Å². The van der Waals surface area contributed by atoms with Crippen molar-refractivity contribution in [2.24, 2.45) is 5.84 Å². The molecule has 8 nitrogen and oxygen atoms in total. The maximum atomic E-state index is 12.1. The smallest absolute Gasteiger partial charge is 0.294 e. The number of nitrogens with zero attached hydrogens (tertiary/aromatic N) is 2. The molecule has 0 aliphatic rings. The number of nitro benzene ring substituents is 1. The van der Waals surface area contributed by atoms with Crippen LogP contribution in [0.5, 0.6) is 0 Å². The van der Waals surface area contributed by atoms with Crippen LogP contribution in [0.15, 0.2) is 36.7 Å². The van der Waals surface area contributed by atoms with Gasteiger partial charge in [0.05, 0.1) is 4.92 Å². The van der Waals surface area contributed by atoms with Gasteiger partial charge in [-0.1, -0.05) is 0 Å². The molecule has 0 bridgehead atoms. The summed E-state index contributed by atoms with van der Waals surface area (Å²) in [5, 5.41) is 13.6. The van der Waals surface area contributed by atoms with Crippen LogP contribution in [0.1, 0.15) is 15.9 Å². The lowest BCUT2D eigenvalue weighted by molar-refractivity contribution is -0.384. The second kappa shape index (κ2) is 5.97. The van der Waals surface area contributed by atoms with Gasteiger partial charge in [-0.3, -0.25) is 25.7 Å². The summed E-state index contributed by atoms with van der Waals surface area (Å²) in [6.07, 6.45) is 3.16. The third kappa shape index (κ3) is 3.12. The fraction of sp³-hybridized carbons (Fsp3) is 0.0769. The number of aromatic nitrogens is 1. The number of nitrogens with one attached hydrogen (secondary N) is 2. The van der Waals surface area contributed by atoms with Gasteiger partial charge in [0.1, 0.15) is 5.69 Å². The van der Waals surface area contributed by atoms with Gasteiger partial charge in [0, 0.05) is 29.7 Å². The number of amides is 1. The van der Waals surface area contributed by atoms with Crippen LogP contribution >= 0.6 is 0 Å². The molecule has 0 radical (unpaired) electrons. The minimum atomic E-state index is -0.607. The van der Waals surface area contributed by atoms with Crippen LogP contribution in [0.25, 0.3) is 0 Å². The van der Waals surface area contributed by atoms with Crippen LogP contribution in [0.3, 0.4) is 0 Å². The Morgan fingerprint density at radius 3 is 2.71 bits per heavy atom. The van der Waals surface area contributed by atoms with Crippen LogP contribution in [-0.2, 0) is 0 Å². The number of nitrogen functional groups attached to an aromatic ring is 1. The number of anilines is 2. The van der Waals surface area contributed by atoms with Gasteiger partial charge in [-0.2, -0.15) is 0 Å². The summed E-state index contributed by atoms with van der Waals surface area (Å²) in [4.78, 5) is 26.4. The van der Waals surface area contributed by atoms with Crippen LogP contribution in [0.2, 0.25) is 0 Å². The number of hydrogen-bond acceptors (Lipinski definition) is 6. The van der Waals surface area contributed by atoms with Crippen LogP contribution in [0.4, 0.5) is 17.1 Å². The minimum Gasteiger partial charge on any atom is -0.322 e. The van der Waals surface area contributed by atoms with Crippen molar-refractivity contribution < 1.29 is 9.72 Å². The van der Waals surface area contributed by atoms with E-state index in [0.29, 0.717) is 5.69 Å². The monoisotopic (exact) mass is 287 g/mol. The van der Waals surface area contributed by atoms with Crippen molar-refractivity contribution in [2.75, 3.05) is 10.7 Å². The molecule has 2 aromatic rings. The van der Waals surface area contributed by atoms with Crippen molar-refractivity contribution in [3.05, 3.63) is 57.9 Å². The van der Waals surface area contributed by atoms with Crippen LogP contribution < -0.4 is 16.6 Å². The van der Waals surface area contributed by atoms with Gasteiger partial charge in [-0.25, -0.2) is 0 Å². The molecule has 0 saturated heterocycles. The van der Waals surface area contributed by atoms with E-state index in [1.807, 2.05) is 0 Å². The summed E-state index contributed by atoms with van der Waals surface area (Å²) in [6, 6.07) is 5.65. The topological polar surface area (TPSA) is 123 Å². The average molecular weight is 287 g/mol. The van der Waals surface area contributed by atoms with E-state index < -0.39 is 10.8 Å². The number of aryl methyl sites for hydroxylation is 1. The Kier molecular flexibility index (Phi) is 4.10. The molecule has 2 rings (SSSR count). The van der Waals surface area contributed by atoms with E-state index in [1.165, 1.54) is 18.2 Å². The van der Waals surface area contributed by atoms with Crippen molar-refractivity contribution in [1.29, 1.82) is 0 Å². The normalized spacial score (nSPS) is 10.0. The molecule has 0 spiro atoms. The van der Waals surface area contributed by atoms with E-state index in [9.17, 15) is 14.9 Å². The first-order valence-corrected chi connectivity index (χ1v) is 6.00. The van der Waals surface area contributed by atoms with Gasteiger partial charge in [-0.05, 0) is 30.7 Å². The Hall–Kier alpha value is -3.00. The predicted octanol–water partition coefficient (Wildman–Crippen LogP) is 1.84. The number of nitrogens with two attached hydrogens (primary N) is 1. The summed E-state index contributed by atoms with van der Waals surface area (Å²) in [5.74, 6) is 4.75. The number of hydrazine groups is 1. The first-order valence-electron chi connectivity index (χ1n) is 6.00. The number of benzene rings is 1. The SMILES string of the molecule is Cc1cnccc1NC(=O)c1ccc(NN)c([N+](=O)[O-])c1. The number of hydrogen-bond donors (Lipinski definition) is 3. The summed E-state index contributed by atoms with van der Waals surface area (Å²) >= 11 is 0. The molecular formula is C13H13N5O3. The highest BCUT2D eigenvalue weighted by Crippen LogP contribution is 2.25. The van der Waals surface area contributed by atoms with Crippen LogP contribution in [0, 0.1) is 17.0 Å². The number of carbonyl (C=O) groups is 1. The standard InChI is InChI=1S/C13H13N5O3/c1-8-7-15-5-4-10(8)16-13(19)9-2-3-11(17-14)12(6-9)18(20)21/h2-7,17H,14H2,1H3,(H,15,16,19). The zero-order valence-electron chi connectivity index (χ0n) is 11.2. The molecule has 1 heterocycles. The molecule has 21 heavy (non-hydrogen) atoms. The van der Waals surface area contributed by atoms with Gasteiger partial charge in [0.25, 0.3) is 11.6 Å². The number of carbonyl (C=O) groups excluding carboxylic acids is 1. The molecule has 0 aliphatic carbocycles. The largest absolute Gasteiger partial charge is 0.322 e. The molecule has 4 N–H and O–H groups in total. The Bertz CT molecular complexity index is 702. The molecule has 1 amide bonds. The van der Waals surface area contributed by atoms with Gasteiger partial charge in [0.2, 0.25) is 0 Å². The summed E-state index contributed by atoms with van der Waals surface area (Å²) in [5.41, 5.74) is 3.64. The number of nitro groups is 1. The predicted molar refractivity (Wildman–Crippen MR) is 77.8 cm³/mol. The second-order valence-corrected chi connectivity index (χ2v) is 4.28. The number of rotatable bonds is 4. The van der Waals surface area contributed by atoms with Crippen molar-refractivity contribution in [3.8, 4) is 0 Å². The molecular weight excluding hydrogens is 274 g/mol. The average Bonchev–Trinajstić information content (AvgIpc) is 2.48. The highest BCUT2D eigenvalue weighted by molar-refractivity contribution is 6.05. The first kappa shape index (κ1) is 14.4. The second-order valence-electron chi connectivity index (χ2n) is 4.28. The molecule has 1 aromatic carbocycles. The van der Waals surface area contributed by atoms with Gasteiger partial charge < -0.3 is 10.7 Å². The Labute approximate surface area is 120 Å². The lowest BCUT2D eigenvalue weighted by Crippen LogP contribution is -2.14. The number of pyridine rings is 1. The molecule has 1 aromatic heterocycles. The highest BCUT2D eigenvalue weighted by Gasteiger charge is 2.17. The third-order valence-corrected chi connectivity index (χ3v) is 2.88. The van der Waals surface area contributed by atoms with Gasteiger partial charge in [-0.15, -0.1) is 0 Å². The van der Waals surface area contributed by atoms with E-state index in [-0.39, 0.29) is 16.9 Å². The lowest BCUT2D eigenvalue weighted by Gasteiger charge is -2.08. The van der Waals surface area contributed by atoms with E-state index in [1.54, 1.807) is 25.4 Å². The van der Waals surface area contributed by atoms with E-state index in [0.717, 1.165) is 5.56 Å². The van der Waals surface area contributed by atoms with E-state index in [4.69, 9.17) is 5.84 Å². The third-order valence-electron chi connectivity index (χ3n) is 2.88. The maximum Gasteiger partial charge on any atom is 0.294 e. The summed E-state index contributed by atoms with van der Waals surface area (Å²) in [6.45, 7) is 1.80. The fourth-order valence-electron chi connectivity index (χ4n) is 1.75. The lowest BCUT2D eigenvalue weighted by atomic mass is 10.1.